The minimum absolute atomic E-state index is 0.197. The number of hydrogen-bond acceptors (Lipinski definition) is 4. The Morgan fingerprint density at radius 1 is 1.09 bits per heavy atom. The fourth-order valence-electron chi connectivity index (χ4n) is 2.49. The van der Waals surface area contributed by atoms with Crippen LogP contribution in [0.1, 0.15) is 21.7 Å². The van der Waals surface area contributed by atoms with Gasteiger partial charge >= 0.3 is 5.97 Å². The standard InChI is InChI=1S/C16H15N3O3/c1-9-12(13(16(20)21)10(2)19(9)3)15-18-17-14(22-15)11-7-5-4-6-8-11/h4-8H,1-3H3,(H,20,21). The second kappa shape index (κ2) is 5.14. The van der Waals surface area contributed by atoms with E-state index in [0.717, 1.165) is 11.3 Å². The lowest BCUT2D eigenvalue weighted by Gasteiger charge is -1.98. The van der Waals surface area contributed by atoms with E-state index in [2.05, 4.69) is 10.2 Å². The number of carboxylic acid groups (broad SMARTS) is 1. The topological polar surface area (TPSA) is 81.2 Å². The molecule has 0 atom stereocenters. The van der Waals surface area contributed by atoms with Gasteiger partial charge < -0.3 is 14.1 Å². The fourth-order valence-corrected chi connectivity index (χ4v) is 2.49. The Morgan fingerprint density at radius 3 is 2.36 bits per heavy atom. The predicted octanol–water partition coefficient (Wildman–Crippen LogP) is 3.06. The maximum atomic E-state index is 11.6. The number of carboxylic acids is 1. The summed E-state index contributed by atoms with van der Waals surface area (Å²) in [6.45, 7) is 3.59. The Bertz CT molecular complexity index is 847. The minimum atomic E-state index is -1.00. The van der Waals surface area contributed by atoms with Gasteiger partial charge in [0.05, 0.1) is 11.1 Å². The summed E-state index contributed by atoms with van der Waals surface area (Å²) in [5.41, 5.74) is 2.89. The zero-order valence-electron chi connectivity index (χ0n) is 12.5. The van der Waals surface area contributed by atoms with Crippen LogP contribution in [-0.4, -0.2) is 25.8 Å². The minimum Gasteiger partial charge on any atom is -0.478 e. The van der Waals surface area contributed by atoms with Gasteiger partial charge in [0.1, 0.15) is 0 Å². The van der Waals surface area contributed by atoms with Crippen LogP contribution in [0.5, 0.6) is 0 Å². The van der Waals surface area contributed by atoms with Gasteiger partial charge in [-0.1, -0.05) is 18.2 Å². The van der Waals surface area contributed by atoms with Crippen molar-refractivity contribution in [3.05, 3.63) is 47.3 Å². The second-order valence-corrected chi connectivity index (χ2v) is 5.06. The molecule has 0 amide bonds. The Morgan fingerprint density at radius 2 is 1.73 bits per heavy atom. The third-order valence-corrected chi connectivity index (χ3v) is 3.85. The summed E-state index contributed by atoms with van der Waals surface area (Å²) >= 11 is 0. The summed E-state index contributed by atoms with van der Waals surface area (Å²) < 4.78 is 7.51. The van der Waals surface area contributed by atoms with Crippen molar-refractivity contribution in [2.75, 3.05) is 0 Å². The van der Waals surface area contributed by atoms with Gasteiger partial charge in [-0.15, -0.1) is 10.2 Å². The molecule has 0 spiro atoms. The summed E-state index contributed by atoms with van der Waals surface area (Å²) in [5, 5.41) is 17.5. The van der Waals surface area contributed by atoms with Crippen LogP contribution in [0.3, 0.4) is 0 Å². The first-order valence-electron chi connectivity index (χ1n) is 6.79. The number of carbonyl (C=O) groups is 1. The molecule has 0 saturated heterocycles. The summed E-state index contributed by atoms with van der Waals surface area (Å²) in [4.78, 5) is 11.6. The molecule has 6 nitrogen and oxygen atoms in total. The lowest BCUT2D eigenvalue weighted by molar-refractivity contribution is 0.0696. The Hall–Kier alpha value is -2.89. The van der Waals surface area contributed by atoms with Crippen LogP contribution in [0.25, 0.3) is 22.9 Å². The number of benzene rings is 1. The lowest BCUT2D eigenvalue weighted by Crippen LogP contribution is -2.00. The van der Waals surface area contributed by atoms with Gasteiger partial charge in [0.25, 0.3) is 5.89 Å². The number of nitrogens with zero attached hydrogens (tertiary/aromatic N) is 3. The molecule has 112 valence electrons. The summed E-state index contributed by atoms with van der Waals surface area (Å²) in [6, 6.07) is 9.37. The van der Waals surface area contributed by atoms with Crippen molar-refractivity contribution in [2.24, 2.45) is 7.05 Å². The Kier molecular flexibility index (Phi) is 3.29. The van der Waals surface area contributed by atoms with Crippen LogP contribution in [-0.2, 0) is 7.05 Å². The third-order valence-electron chi connectivity index (χ3n) is 3.85. The molecule has 2 aromatic heterocycles. The molecule has 0 fully saturated rings. The molecule has 22 heavy (non-hydrogen) atoms. The van der Waals surface area contributed by atoms with Crippen molar-refractivity contribution in [3.63, 3.8) is 0 Å². The molecular weight excluding hydrogens is 282 g/mol. The van der Waals surface area contributed by atoms with Crippen molar-refractivity contribution >= 4 is 5.97 Å². The zero-order valence-corrected chi connectivity index (χ0v) is 12.5. The first-order chi connectivity index (χ1) is 10.5. The average molecular weight is 297 g/mol. The van der Waals surface area contributed by atoms with Crippen molar-refractivity contribution in [1.29, 1.82) is 0 Å². The van der Waals surface area contributed by atoms with E-state index in [0.29, 0.717) is 17.1 Å². The van der Waals surface area contributed by atoms with E-state index in [1.54, 1.807) is 6.92 Å². The first-order valence-corrected chi connectivity index (χ1v) is 6.79. The number of aromatic nitrogens is 3. The lowest BCUT2D eigenvalue weighted by atomic mass is 10.1. The van der Waals surface area contributed by atoms with E-state index in [4.69, 9.17) is 4.42 Å². The highest BCUT2D eigenvalue weighted by Crippen LogP contribution is 2.32. The molecule has 1 N–H and O–H groups in total. The van der Waals surface area contributed by atoms with Gasteiger partial charge in [0.15, 0.2) is 0 Å². The number of hydrogen-bond donors (Lipinski definition) is 1. The van der Waals surface area contributed by atoms with Crippen LogP contribution in [0.2, 0.25) is 0 Å². The van der Waals surface area contributed by atoms with Gasteiger partial charge in [0.2, 0.25) is 5.89 Å². The average Bonchev–Trinajstić information content (AvgIpc) is 3.07. The van der Waals surface area contributed by atoms with Crippen LogP contribution in [0.15, 0.2) is 34.7 Å². The molecule has 0 bridgehead atoms. The molecule has 6 heteroatoms. The van der Waals surface area contributed by atoms with Gasteiger partial charge in [0, 0.05) is 24.0 Å². The van der Waals surface area contributed by atoms with Crippen molar-refractivity contribution in [1.82, 2.24) is 14.8 Å². The molecule has 3 aromatic rings. The third kappa shape index (κ3) is 2.09. The molecule has 0 aliphatic carbocycles. The van der Waals surface area contributed by atoms with E-state index in [1.165, 1.54) is 0 Å². The molecule has 0 saturated carbocycles. The van der Waals surface area contributed by atoms with Crippen LogP contribution in [0.4, 0.5) is 0 Å². The van der Waals surface area contributed by atoms with Crippen molar-refractivity contribution in [3.8, 4) is 22.9 Å². The molecule has 1 aromatic carbocycles. The highest BCUT2D eigenvalue weighted by molar-refractivity contribution is 5.97. The molecular formula is C16H15N3O3. The summed E-state index contributed by atoms with van der Waals surface area (Å²) in [6.07, 6.45) is 0. The highest BCUT2D eigenvalue weighted by atomic mass is 16.4. The molecule has 2 heterocycles. The van der Waals surface area contributed by atoms with Gasteiger partial charge in [-0.2, -0.15) is 0 Å². The van der Waals surface area contributed by atoms with E-state index >= 15 is 0 Å². The van der Waals surface area contributed by atoms with Gasteiger partial charge in [-0.3, -0.25) is 0 Å². The van der Waals surface area contributed by atoms with Crippen molar-refractivity contribution in [2.45, 2.75) is 13.8 Å². The van der Waals surface area contributed by atoms with E-state index in [9.17, 15) is 9.90 Å². The Balaban J connectivity index is 2.16. The van der Waals surface area contributed by atoms with Gasteiger partial charge in [-0.25, -0.2) is 4.79 Å². The highest BCUT2D eigenvalue weighted by Gasteiger charge is 2.26. The maximum absolute atomic E-state index is 11.6. The SMILES string of the molecule is Cc1c(C(=O)O)c(-c2nnc(-c3ccccc3)o2)c(C)n1C. The molecule has 0 unspecified atom stereocenters. The largest absolute Gasteiger partial charge is 0.478 e. The van der Waals surface area contributed by atoms with Crippen LogP contribution >= 0.6 is 0 Å². The monoisotopic (exact) mass is 297 g/mol. The van der Waals surface area contributed by atoms with E-state index in [1.807, 2.05) is 48.9 Å². The predicted molar refractivity (Wildman–Crippen MR) is 80.6 cm³/mol. The maximum Gasteiger partial charge on any atom is 0.338 e. The molecule has 0 radical (unpaired) electrons. The smallest absolute Gasteiger partial charge is 0.338 e. The van der Waals surface area contributed by atoms with Crippen LogP contribution < -0.4 is 0 Å². The molecule has 3 rings (SSSR count). The van der Waals surface area contributed by atoms with Gasteiger partial charge in [-0.05, 0) is 26.0 Å². The molecule has 0 aliphatic rings. The van der Waals surface area contributed by atoms with E-state index in [-0.39, 0.29) is 11.5 Å². The molecule has 0 aliphatic heterocycles. The number of aromatic carboxylic acids is 1. The zero-order chi connectivity index (χ0) is 15.9. The van der Waals surface area contributed by atoms with E-state index < -0.39 is 5.97 Å². The quantitative estimate of drug-likeness (QED) is 0.803. The fraction of sp³-hybridized carbons (Fsp3) is 0.188. The summed E-state index contributed by atoms with van der Waals surface area (Å²) in [5.74, 6) is -0.416. The van der Waals surface area contributed by atoms with Crippen molar-refractivity contribution < 1.29 is 14.3 Å². The first kappa shape index (κ1) is 14.1. The summed E-state index contributed by atoms with van der Waals surface area (Å²) in [7, 11) is 1.81. The van der Waals surface area contributed by atoms with Crippen LogP contribution in [0, 0.1) is 13.8 Å². The number of rotatable bonds is 3. The Labute approximate surface area is 127 Å². The second-order valence-electron chi connectivity index (χ2n) is 5.06. The normalized spacial score (nSPS) is 10.9.